The minimum absolute atomic E-state index is 0.149. The number of amides is 1. The summed E-state index contributed by atoms with van der Waals surface area (Å²) in [5.74, 6) is -0.419. The second-order valence-corrected chi connectivity index (χ2v) is 4.99. The predicted octanol–water partition coefficient (Wildman–Crippen LogP) is 3.50. The van der Waals surface area contributed by atoms with Gasteiger partial charge in [0, 0.05) is 17.3 Å². The summed E-state index contributed by atoms with van der Waals surface area (Å²) in [7, 11) is 0. The van der Waals surface area contributed by atoms with E-state index in [4.69, 9.17) is 0 Å². The van der Waals surface area contributed by atoms with Crippen LogP contribution in [-0.4, -0.2) is 11.9 Å². The lowest BCUT2D eigenvalue weighted by molar-refractivity contribution is -0.117. The highest BCUT2D eigenvalue weighted by molar-refractivity contribution is 5.94. The Labute approximate surface area is 124 Å². The number of rotatable bonds is 5. The molecule has 2 N–H and O–H groups in total. The van der Waals surface area contributed by atoms with E-state index in [0.29, 0.717) is 5.56 Å². The van der Waals surface area contributed by atoms with E-state index in [2.05, 4.69) is 10.6 Å². The number of carbonyl (C=O) groups is 1. The fourth-order valence-electron chi connectivity index (χ4n) is 2.14. The van der Waals surface area contributed by atoms with Gasteiger partial charge in [0.2, 0.25) is 5.91 Å². The van der Waals surface area contributed by atoms with Crippen LogP contribution < -0.4 is 10.6 Å². The average Bonchev–Trinajstić information content (AvgIpc) is 2.48. The molecule has 1 amide bonds. The quantitative estimate of drug-likeness (QED) is 0.883. The number of carbonyl (C=O) groups excluding carboxylic acids is 1. The van der Waals surface area contributed by atoms with Crippen molar-refractivity contribution in [3.63, 3.8) is 0 Å². The zero-order valence-corrected chi connectivity index (χ0v) is 12.1. The standard InChI is InChI=1S/C17H19FN2O/c1-12(15-10-6-7-11-16(15)18)19-13(2)17(21)20-14-8-4-3-5-9-14/h3-13,19H,1-2H3,(H,20,21)/t12-,13?/m1/s1. The molecule has 2 aromatic rings. The maximum Gasteiger partial charge on any atom is 0.241 e. The lowest BCUT2D eigenvalue weighted by atomic mass is 10.1. The van der Waals surface area contributed by atoms with Crippen molar-refractivity contribution < 1.29 is 9.18 Å². The molecule has 0 aliphatic carbocycles. The fourth-order valence-corrected chi connectivity index (χ4v) is 2.14. The molecule has 0 saturated heterocycles. The Morgan fingerprint density at radius 1 is 1.00 bits per heavy atom. The van der Waals surface area contributed by atoms with Gasteiger partial charge in [-0.05, 0) is 32.0 Å². The summed E-state index contributed by atoms with van der Waals surface area (Å²) in [6.07, 6.45) is 0. The molecule has 0 fully saturated rings. The second kappa shape index (κ2) is 6.99. The molecule has 110 valence electrons. The third-order valence-corrected chi connectivity index (χ3v) is 3.31. The van der Waals surface area contributed by atoms with E-state index in [0.717, 1.165) is 5.69 Å². The van der Waals surface area contributed by atoms with Gasteiger partial charge < -0.3 is 5.32 Å². The van der Waals surface area contributed by atoms with Crippen LogP contribution in [0.15, 0.2) is 54.6 Å². The molecule has 0 aromatic heterocycles. The van der Waals surface area contributed by atoms with Gasteiger partial charge in [0.05, 0.1) is 6.04 Å². The van der Waals surface area contributed by atoms with Gasteiger partial charge in [0.1, 0.15) is 5.82 Å². The van der Waals surface area contributed by atoms with Crippen LogP contribution in [0.1, 0.15) is 25.5 Å². The van der Waals surface area contributed by atoms with Crippen LogP contribution in [0.25, 0.3) is 0 Å². The number of halogens is 1. The lowest BCUT2D eigenvalue weighted by Crippen LogP contribution is -2.39. The maximum atomic E-state index is 13.7. The molecule has 3 nitrogen and oxygen atoms in total. The highest BCUT2D eigenvalue weighted by Crippen LogP contribution is 2.17. The highest BCUT2D eigenvalue weighted by Gasteiger charge is 2.18. The van der Waals surface area contributed by atoms with Crippen LogP contribution in [-0.2, 0) is 4.79 Å². The molecule has 0 aliphatic heterocycles. The van der Waals surface area contributed by atoms with Crippen molar-refractivity contribution in [3.05, 3.63) is 66.0 Å². The third kappa shape index (κ3) is 4.13. The number of para-hydroxylation sites is 1. The van der Waals surface area contributed by atoms with E-state index >= 15 is 0 Å². The molecule has 1 unspecified atom stereocenters. The van der Waals surface area contributed by atoms with Crippen molar-refractivity contribution in [3.8, 4) is 0 Å². The van der Waals surface area contributed by atoms with Crippen molar-refractivity contribution in [1.29, 1.82) is 0 Å². The van der Waals surface area contributed by atoms with Gasteiger partial charge >= 0.3 is 0 Å². The minimum atomic E-state index is -0.431. The monoisotopic (exact) mass is 286 g/mol. The van der Waals surface area contributed by atoms with Crippen molar-refractivity contribution in [2.24, 2.45) is 0 Å². The number of benzene rings is 2. The lowest BCUT2D eigenvalue weighted by Gasteiger charge is -2.20. The van der Waals surface area contributed by atoms with Gasteiger partial charge in [-0.25, -0.2) is 4.39 Å². The summed E-state index contributed by atoms with van der Waals surface area (Å²) in [5.41, 5.74) is 1.30. The Hall–Kier alpha value is -2.20. The van der Waals surface area contributed by atoms with Gasteiger partial charge in [0.25, 0.3) is 0 Å². The predicted molar refractivity (Wildman–Crippen MR) is 82.5 cm³/mol. The zero-order chi connectivity index (χ0) is 15.2. The maximum absolute atomic E-state index is 13.7. The molecule has 2 atom stereocenters. The number of anilines is 1. The van der Waals surface area contributed by atoms with Crippen LogP contribution in [0.5, 0.6) is 0 Å². The minimum Gasteiger partial charge on any atom is -0.325 e. The highest BCUT2D eigenvalue weighted by atomic mass is 19.1. The molecule has 0 radical (unpaired) electrons. The van der Waals surface area contributed by atoms with Crippen LogP contribution in [0.2, 0.25) is 0 Å². The Kier molecular flexibility index (Phi) is 5.06. The molecule has 0 bridgehead atoms. The van der Waals surface area contributed by atoms with E-state index in [1.54, 1.807) is 25.1 Å². The summed E-state index contributed by atoms with van der Waals surface area (Å²) in [6, 6.07) is 15.1. The Morgan fingerprint density at radius 3 is 2.29 bits per heavy atom. The first-order valence-corrected chi connectivity index (χ1v) is 6.94. The Balaban J connectivity index is 1.96. The van der Waals surface area contributed by atoms with E-state index in [1.165, 1.54) is 6.07 Å². The summed E-state index contributed by atoms with van der Waals surface area (Å²) < 4.78 is 13.7. The molecule has 4 heteroatoms. The van der Waals surface area contributed by atoms with Gasteiger partial charge in [-0.2, -0.15) is 0 Å². The fraction of sp³-hybridized carbons (Fsp3) is 0.235. The molecule has 0 aliphatic rings. The van der Waals surface area contributed by atoms with Crippen molar-refractivity contribution in [1.82, 2.24) is 5.32 Å². The van der Waals surface area contributed by atoms with Crippen LogP contribution >= 0.6 is 0 Å². The topological polar surface area (TPSA) is 41.1 Å². The first kappa shape index (κ1) is 15.2. The smallest absolute Gasteiger partial charge is 0.241 e. The van der Waals surface area contributed by atoms with Gasteiger partial charge in [0.15, 0.2) is 0 Å². The van der Waals surface area contributed by atoms with Crippen molar-refractivity contribution in [2.45, 2.75) is 25.9 Å². The van der Waals surface area contributed by atoms with E-state index < -0.39 is 6.04 Å². The van der Waals surface area contributed by atoms with E-state index in [9.17, 15) is 9.18 Å². The normalized spacial score (nSPS) is 13.5. The van der Waals surface area contributed by atoms with E-state index in [1.807, 2.05) is 37.3 Å². The zero-order valence-electron chi connectivity index (χ0n) is 12.1. The molecule has 2 rings (SSSR count). The first-order chi connectivity index (χ1) is 10.1. The number of hydrogen-bond acceptors (Lipinski definition) is 2. The molecule has 0 heterocycles. The molecule has 0 spiro atoms. The summed E-state index contributed by atoms with van der Waals surface area (Å²) in [6.45, 7) is 3.60. The molecule has 2 aromatic carbocycles. The largest absolute Gasteiger partial charge is 0.325 e. The molecular weight excluding hydrogens is 267 g/mol. The summed E-state index contributed by atoms with van der Waals surface area (Å²) in [5, 5.41) is 5.92. The molecular formula is C17H19FN2O. The van der Waals surface area contributed by atoms with E-state index in [-0.39, 0.29) is 17.8 Å². The first-order valence-electron chi connectivity index (χ1n) is 6.94. The van der Waals surface area contributed by atoms with Crippen LogP contribution in [0, 0.1) is 5.82 Å². The van der Waals surface area contributed by atoms with Crippen molar-refractivity contribution in [2.75, 3.05) is 5.32 Å². The van der Waals surface area contributed by atoms with Gasteiger partial charge in [-0.3, -0.25) is 10.1 Å². The third-order valence-electron chi connectivity index (χ3n) is 3.31. The SMILES string of the molecule is CC(N[C@H](C)c1ccccc1F)C(=O)Nc1ccccc1. The Morgan fingerprint density at radius 2 is 1.62 bits per heavy atom. The van der Waals surface area contributed by atoms with Gasteiger partial charge in [-0.1, -0.05) is 36.4 Å². The number of nitrogens with one attached hydrogen (secondary N) is 2. The van der Waals surface area contributed by atoms with Crippen LogP contribution in [0.3, 0.4) is 0 Å². The summed E-state index contributed by atoms with van der Waals surface area (Å²) in [4.78, 5) is 12.1. The Bertz CT molecular complexity index is 601. The van der Waals surface area contributed by atoms with Crippen LogP contribution in [0.4, 0.5) is 10.1 Å². The second-order valence-electron chi connectivity index (χ2n) is 4.99. The van der Waals surface area contributed by atoms with Gasteiger partial charge in [-0.15, -0.1) is 0 Å². The average molecular weight is 286 g/mol. The molecule has 21 heavy (non-hydrogen) atoms. The number of hydrogen-bond donors (Lipinski definition) is 2. The summed E-state index contributed by atoms with van der Waals surface area (Å²) >= 11 is 0. The molecule has 0 saturated carbocycles. The van der Waals surface area contributed by atoms with Crippen molar-refractivity contribution >= 4 is 11.6 Å².